The van der Waals surface area contributed by atoms with Crippen LogP contribution in [0.15, 0.2) is 94.5 Å². The van der Waals surface area contributed by atoms with E-state index in [0.29, 0.717) is 5.01 Å². The Morgan fingerprint density at radius 1 is 1.14 bits per heavy atom. The van der Waals surface area contributed by atoms with E-state index in [4.69, 9.17) is 4.74 Å². The van der Waals surface area contributed by atoms with Gasteiger partial charge in [0, 0.05) is 23.1 Å². The van der Waals surface area contributed by atoms with E-state index in [1.54, 1.807) is 6.08 Å². The number of methoxy groups -OCH3 is 1. The number of ether oxygens (including phenoxy) is 1. The largest absolute Gasteiger partial charge is 0.464 e. The molecular formula is C31H36N2O3S. The standard InChI is InChI=1S/C31H36N2O3S/c1-21(11-10-12-22(2)19-28(34)32-24-13-8-7-9-14-24)15-16-26-23(3)25(17-18-31(26,4)5)27-20-37-29(33-27)30(35)36-6/h7-16,19-20,25H,17-18H2,1-6H3,(H,32,34)/b12-10+,16-15+,21-11+,22-19-. The molecule has 2 aromatic rings. The Balaban J connectivity index is 1.70. The molecule has 3 rings (SSSR count). The van der Waals surface area contributed by atoms with E-state index in [0.717, 1.165) is 35.4 Å². The fraction of sp³-hybridized carbons (Fsp3) is 0.323. The Morgan fingerprint density at radius 2 is 1.86 bits per heavy atom. The molecule has 1 N–H and O–H groups in total. The molecule has 0 saturated carbocycles. The van der Waals surface area contributed by atoms with Crippen molar-refractivity contribution in [2.45, 2.75) is 53.4 Å². The van der Waals surface area contributed by atoms with Gasteiger partial charge in [-0.05, 0) is 62.3 Å². The van der Waals surface area contributed by atoms with Crippen LogP contribution in [0.3, 0.4) is 0 Å². The van der Waals surface area contributed by atoms with E-state index in [1.165, 1.54) is 29.6 Å². The van der Waals surface area contributed by atoms with Crippen molar-refractivity contribution >= 4 is 28.9 Å². The summed E-state index contributed by atoms with van der Waals surface area (Å²) in [5.74, 6) is -0.338. The molecule has 0 spiro atoms. The van der Waals surface area contributed by atoms with Gasteiger partial charge in [0.05, 0.1) is 12.8 Å². The second-order valence-electron chi connectivity index (χ2n) is 9.99. The van der Waals surface area contributed by atoms with Crippen molar-refractivity contribution in [2.24, 2.45) is 5.41 Å². The topological polar surface area (TPSA) is 68.3 Å². The van der Waals surface area contributed by atoms with E-state index in [9.17, 15) is 9.59 Å². The summed E-state index contributed by atoms with van der Waals surface area (Å²) in [5.41, 5.74) is 6.35. The number of anilines is 1. The lowest BCUT2D eigenvalue weighted by Gasteiger charge is -2.37. The summed E-state index contributed by atoms with van der Waals surface area (Å²) < 4.78 is 4.82. The molecule has 5 nitrogen and oxygen atoms in total. The van der Waals surface area contributed by atoms with E-state index in [2.05, 4.69) is 50.1 Å². The molecule has 0 radical (unpaired) electrons. The molecule has 0 fully saturated rings. The number of aromatic nitrogens is 1. The van der Waals surface area contributed by atoms with Crippen LogP contribution in [-0.4, -0.2) is 24.0 Å². The van der Waals surface area contributed by atoms with E-state index < -0.39 is 0 Å². The van der Waals surface area contributed by atoms with Crippen LogP contribution in [0, 0.1) is 5.41 Å². The number of para-hydroxylation sites is 1. The van der Waals surface area contributed by atoms with Crippen molar-refractivity contribution in [2.75, 3.05) is 12.4 Å². The lowest BCUT2D eigenvalue weighted by molar-refractivity contribution is -0.111. The normalized spacial score (nSPS) is 18.5. The number of benzene rings is 1. The predicted molar refractivity (Wildman–Crippen MR) is 153 cm³/mol. The monoisotopic (exact) mass is 516 g/mol. The highest BCUT2D eigenvalue weighted by Crippen LogP contribution is 2.47. The molecule has 0 bridgehead atoms. The predicted octanol–water partition coefficient (Wildman–Crippen LogP) is 7.79. The van der Waals surface area contributed by atoms with Crippen molar-refractivity contribution in [3.8, 4) is 0 Å². The summed E-state index contributed by atoms with van der Waals surface area (Å²) in [7, 11) is 1.38. The number of hydrogen-bond donors (Lipinski definition) is 1. The molecule has 6 heteroatoms. The van der Waals surface area contributed by atoms with Crippen molar-refractivity contribution in [3.63, 3.8) is 0 Å². The van der Waals surface area contributed by atoms with Crippen LogP contribution in [0.25, 0.3) is 0 Å². The molecular weight excluding hydrogens is 480 g/mol. The van der Waals surface area contributed by atoms with Crippen molar-refractivity contribution < 1.29 is 14.3 Å². The number of rotatable bonds is 8. The average molecular weight is 517 g/mol. The zero-order valence-corrected chi connectivity index (χ0v) is 23.3. The second-order valence-corrected chi connectivity index (χ2v) is 10.8. The average Bonchev–Trinajstić information content (AvgIpc) is 3.33. The third kappa shape index (κ3) is 7.73. The number of thiazole rings is 1. The summed E-state index contributed by atoms with van der Waals surface area (Å²) in [6, 6.07) is 9.41. The minimum atomic E-state index is -0.384. The van der Waals surface area contributed by atoms with Gasteiger partial charge in [-0.1, -0.05) is 73.6 Å². The molecule has 1 aromatic carbocycles. The highest BCUT2D eigenvalue weighted by atomic mass is 32.1. The molecule has 37 heavy (non-hydrogen) atoms. The zero-order chi connectivity index (χ0) is 27.0. The Hall–Kier alpha value is -3.51. The van der Waals surface area contributed by atoms with E-state index in [-0.39, 0.29) is 23.2 Å². The first-order valence-electron chi connectivity index (χ1n) is 12.4. The van der Waals surface area contributed by atoms with Crippen LogP contribution in [0.5, 0.6) is 0 Å². The minimum absolute atomic E-state index is 0.0554. The SMILES string of the molecule is COC(=O)c1nc(C2CCC(C)(C)C(/C=C/C(C)=C/C=C/C(C)=C\C(=O)Nc3ccccc3)=C2C)cs1. The molecule has 1 aromatic heterocycles. The first kappa shape index (κ1) is 28.1. The zero-order valence-electron chi connectivity index (χ0n) is 22.5. The maximum Gasteiger partial charge on any atom is 0.367 e. The molecule has 1 aliphatic carbocycles. The van der Waals surface area contributed by atoms with Crippen LogP contribution in [0.1, 0.15) is 68.9 Å². The van der Waals surface area contributed by atoms with Crippen LogP contribution < -0.4 is 5.32 Å². The van der Waals surface area contributed by atoms with Crippen LogP contribution in [-0.2, 0) is 9.53 Å². The van der Waals surface area contributed by atoms with Gasteiger partial charge in [0.2, 0.25) is 10.9 Å². The maximum atomic E-state index is 12.2. The van der Waals surface area contributed by atoms with Gasteiger partial charge in [0.25, 0.3) is 0 Å². The second kappa shape index (κ2) is 12.6. The third-order valence-corrected chi connectivity index (χ3v) is 7.45. The Bertz CT molecular complexity index is 1280. The third-order valence-electron chi connectivity index (χ3n) is 6.60. The molecule has 0 aliphatic heterocycles. The lowest BCUT2D eigenvalue weighted by Crippen LogP contribution is -2.23. The van der Waals surface area contributed by atoms with Crippen LogP contribution >= 0.6 is 11.3 Å². The molecule has 1 heterocycles. The number of hydrogen-bond acceptors (Lipinski definition) is 5. The Labute approximate surface area is 224 Å². The fourth-order valence-corrected chi connectivity index (χ4v) is 5.30. The first-order valence-corrected chi connectivity index (χ1v) is 13.3. The van der Waals surface area contributed by atoms with E-state index in [1.807, 2.05) is 60.9 Å². The first-order chi connectivity index (χ1) is 17.6. The number of nitrogens with one attached hydrogen (secondary N) is 1. The van der Waals surface area contributed by atoms with Gasteiger partial charge in [-0.2, -0.15) is 0 Å². The van der Waals surface area contributed by atoms with Gasteiger partial charge < -0.3 is 10.1 Å². The lowest BCUT2D eigenvalue weighted by atomic mass is 9.68. The maximum absolute atomic E-state index is 12.2. The molecule has 1 aliphatic rings. The highest BCUT2D eigenvalue weighted by molar-refractivity contribution is 7.11. The molecule has 0 saturated heterocycles. The van der Waals surface area contributed by atoms with Crippen molar-refractivity contribution in [3.05, 3.63) is 105 Å². The van der Waals surface area contributed by atoms with Gasteiger partial charge >= 0.3 is 5.97 Å². The summed E-state index contributed by atoms with van der Waals surface area (Å²) in [6.07, 6.45) is 13.9. The Morgan fingerprint density at radius 3 is 2.57 bits per heavy atom. The number of carbonyl (C=O) groups excluding carboxylic acids is 2. The summed E-state index contributed by atoms with van der Waals surface area (Å²) in [5, 5.41) is 5.24. The number of allylic oxidation sites excluding steroid dienone is 9. The summed E-state index contributed by atoms with van der Waals surface area (Å²) in [6.45, 7) is 10.7. The molecule has 1 amide bonds. The summed E-state index contributed by atoms with van der Waals surface area (Å²) >= 11 is 1.34. The number of carbonyl (C=O) groups is 2. The number of esters is 1. The molecule has 1 unspecified atom stereocenters. The molecule has 1 atom stereocenters. The van der Waals surface area contributed by atoms with Crippen molar-refractivity contribution in [1.29, 1.82) is 0 Å². The van der Waals surface area contributed by atoms with Gasteiger partial charge in [0.15, 0.2) is 0 Å². The minimum Gasteiger partial charge on any atom is -0.464 e. The smallest absolute Gasteiger partial charge is 0.367 e. The van der Waals surface area contributed by atoms with E-state index >= 15 is 0 Å². The highest BCUT2D eigenvalue weighted by Gasteiger charge is 2.33. The van der Waals surface area contributed by atoms with Gasteiger partial charge in [-0.3, -0.25) is 4.79 Å². The fourth-order valence-electron chi connectivity index (χ4n) is 4.51. The van der Waals surface area contributed by atoms with Gasteiger partial charge in [-0.15, -0.1) is 11.3 Å². The number of nitrogens with zero attached hydrogens (tertiary/aromatic N) is 1. The Kier molecular flexibility index (Phi) is 9.59. The van der Waals surface area contributed by atoms with Crippen LogP contribution in [0.4, 0.5) is 5.69 Å². The van der Waals surface area contributed by atoms with Crippen LogP contribution in [0.2, 0.25) is 0 Å². The van der Waals surface area contributed by atoms with Gasteiger partial charge in [0.1, 0.15) is 0 Å². The molecule has 194 valence electrons. The quantitative estimate of drug-likeness (QED) is 0.221. The van der Waals surface area contributed by atoms with Crippen molar-refractivity contribution in [1.82, 2.24) is 4.98 Å². The number of amides is 1. The van der Waals surface area contributed by atoms with Gasteiger partial charge in [-0.25, -0.2) is 9.78 Å². The summed E-state index contributed by atoms with van der Waals surface area (Å²) in [4.78, 5) is 28.6.